The smallest absolute Gasteiger partial charge is 0.140 e. The standard InChI is InChI=1S/C22H23F3/c1-13(2)10-16-17(22(16,3)4)11-15-18(23)12-19(24)20(21(15)25)14-8-6-5-7-9-14/h5-10,12,16-17H,11H2,1-4H3/t16-,17+/m1/s1. The van der Waals surface area contributed by atoms with Crippen LogP contribution in [-0.2, 0) is 6.42 Å². The van der Waals surface area contributed by atoms with Gasteiger partial charge in [-0.25, -0.2) is 13.2 Å². The molecule has 0 spiro atoms. The van der Waals surface area contributed by atoms with Crippen molar-refractivity contribution in [1.29, 1.82) is 0 Å². The minimum absolute atomic E-state index is 0.00253. The van der Waals surface area contributed by atoms with Gasteiger partial charge in [0.25, 0.3) is 0 Å². The summed E-state index contributed by atoms with van der Waals surface area (Å²) in [5.74, 6) is -1.99. The van der Waals surface area contributed by atoms with Crippen molar-refractivity contribution in [2.75, 3.05) is 0 Å². The minimum Gasteiger partial charge on any atom is -0.206 e. The molecule has 0 radical (unpaired) electrons. The van der Waals surface area contributed by atoms with Crippen LogP contribution in [0.25, 0.3) is 11.1 Å². The average molecular weight is 344 g/mol. The van der Waals surface area contributed by atoms with Crippen LogP contribution >= 0.6 is 0 Å². The summed E-state index contributed by atoms with van der Waals surface area (Å²) in [4.78, 5) is 0. The van der Waals surface area contributed by atoms with E-state index in [1.165, 1.54) is 5.57 Å². The van der Waals surface area contributed by atoms with E-state index in [4.69, 9.17) is 0 Å². The van der Waals surface area contributed by atoms with Gasteiger partial charge >= 0.3 is 0 Å². The van der Waals surface area contributed by atoms with Gasteiger partial charge in [0.05, 0.1) is 5.56 Å². The van der Waals surface area contributed by atoms with Crippen LogP contribution in [0.15, 0.2) is 48.0 Å². The Balaban J connectivity index is 2.00. The second-order valence-corrected chi connectivity index (χ2v) is 7.78. The van der Waals surface area contributed by atoms with Gasteiger partial charge in [0.1, 0.15) is 17.5 Å². The van der Waals surface area contributed by atoms with Crippen LogP contribution in [-0.4, -0.2) is 0 Å². The van der Waals surface area contributed by atoms with E-state index >= 15 is 4.39 Å². The molecule has 2 aromatic carbocycles. The third kappa shape index (κ3) is 3.24. The Morgan fingerprint density at radius 3 is 2.28 bits per heavy atom. The fourth-order valence-corrected chi connectivity index (χ4v) is 3.77. The summed E-state index contributed by atoms with van der Waals surface area (Å²) in [6.45, 7) is 8.27. The predicted octanol–water partition coefficient (Wildman–Crippen LogP) is 6.55. The van der Waals surface area contributed by atoms with Gasteiger partial charge in [0.2, 0.25) is 0 Å². The van der Waals surface area contributed by atoms with Crippen molar-refractivity contribution in [1.82, 2.24) is 0 Å². The van der Waals surface area contributed by atoms with E-state index in [2.05, 4.69) is 19.9 Å². The topological polar surface area (TPSA) is 0 Å². The SMILES string of the molecule is CC(C)=C[C@@H]1[C@H](Cc2c(F)cc(F)c(-c3ccccc3)c2F)C1(C)C. The first kappa shape index (κ1) is 17.8. The monoisotopic (exact) mass is 344 g/mol. The molecule has 3 rings (SSSR count). The molecule has 25 heavy (non-hydrogen) atoms. The van der Waals surface area contributed by atoms with E-state index < -0.39 is 17.5 Å². The van der Waals surface area contributed by atoms with E-state index in [1.807, 2.05) is 13.8 Å². The summed E-state index contributed by atoms with van der Waals surface area (Å²) >= 11 is 0. The Morgan fingerprint density at radius 2 is 1.68 bits per heavy atom. The Bertz CT molecular complexity index is 815. The molecule has 1 aliphatic carbocycles. The van der Waals surface area contributed by atoms with E-state index in [0.717, 1.165) is 6.07 Å². The Hall–Kier alpha value is -2.03. The molecular weight excluding hydrogens is 321 g/mol. The van der Waals surface area contributed by atoms with Crippen molar-refractivity contribution in [3.05, 3.63) is 71.1 Å². The van der Waals surface area contributed by atoms with E-state index in [-0.39, 0.29) is 28.9 Å². The number of hydrogen-bond donors (Lipinski definition) is 0. The zero-order chi connectivity index (χ0) is 18.4. The molecule has 0 aromatic heterocycles. The molecule has 0 N–H and O–H groups in total. The van der Waals surface area contributed by atoms with E-state index in [9.17, 15) is 8.78 Å². The van der Waals surface area contributed by atoms with Crippen LogP contribution in [0.4, 0.5) is 13.2 Å². The van der Waals surface area contributed by atoms with Gasteiger partial charge in [-0.1, -0.05) is 55.8 Å². The molecule has 0 heterocycles. The highest BCUT2D eigenvalue weighted by molar-refractivity contribution is 5.66. The molecule has 0 amide bonds. The molecule has 2 atom stereocenters. The van der Waals surface area contributed by atoms with Crippen LogP contribution in [0.3, 0.4) is 0 Å². The molecular formula is C22H23F3. The molecule has 2 aromatic rings. The first-order chi connectivity index (χ1) is 11.7. The van der Waals surface area contributed by atoms with Gasteiger partial charge in [-0.05, 0) is 43.1 Å². The molecule has 0 bridgehead atoms. The van der Waals surface area contributed by atoms with Gasteiger partial charge in [-0.2, -0.15) is 0 Å². The maximum Gasteiger partial charge on any atom is 0.140 e. The van der Waals surface area contributed by atoms with Crippen molar-refractivity contribution in [3.8, 4) is 11.1 Å². The quantitative estimate of drug-likeness (QED) is 0.552. The molecule has 1 saturated carbocycles. The summed E-state index contributed by atoms with van der Waals surface area (Å²) in [6.07, 6.45) is 2.45. The predicted molar refractivity (Wildman–Crippen MR) is 95.6 cm³/mol. The van der Waals surface area contributed by atoms with E-state index in [0.29, 0.717) is 11.5 Å². The first-order valence-corrected chi connectivity index (χ1v) is 8.60. The van der Waals surface area contributed by atoms with Crippen molar-refractivity contribution in [2.24, 2.45) is 17.3 Å². The third-order valence-corrected chi connectivity index (χ3v) is 5.40. The summed E-state index contributed by atoms with van der Waals surface area (Å²) in [6, 6.07) is 9.29. The number of rotatable bonds is 4. The van der Waals surface area contributed by atoms with Crippen molar-refractivity contribution in [3.63, 3.8) is 0 Å². The molecule has 0 aliphatic heterocycles. The summed E-state index contributed by atoms with van der Waals surface area (Å²) in [5, 5.41) is 0. The fraction of sp³-hybridized carbons (Fsp3) is 0.364. The zero-order valence-electron chi connectivity index (χ0n) is 15.0. The van der Waals surface area contributed by atoms with Gasteiger partial charge in [0, 0.05) is 11.6 Å². The lowest BCUT2D eigenvalue weighted by molar-refractivity contribution is 0.500. The van der Waals surface area contributed by atoms with E-state index in [1.54, 1.807) is 30.3 Å². The highest BCUT2D eigenvalue weighted by Crippen LogP contribution is 2.61. The van der Waals surface area contributed by atoms with Gasteiger partial charge < -0.3 is 0 Å². The molecule has 0 saturated heterocycles. The van der Waals surface area contributed by atoms with Crippen LogP contribution in [0.1, 0.15) is 33.3 Å². The average Bonchev–Trinajstić information content (AvgIpc) is 3.03. The second kappa shape index (κ2) is 6.36. The lowest BCUT2D eigenvalue weighted by Crippen LogP contribution is -2.05. The maximum absolute atomic E-state index is 15.0. The Labute approximate surface area is 147 Å². The second-order valence-electron chi connectivity index (χ2n) is 7.78. The third-order valence-electron chi connectivity index (χ3n) is 5.40. The van der Waals surface area contributed by atoms with Crippen LogP contribution in [0, 0.1) is 34.7 Å². The number of benzene rings is 2. The zero-order valence-corrected chi connectivity index (χ0v) is 15.0. The maximum atomic E-state index is 15.0. The highest BCUT2D eigenvalue weighted by atomic mass is 19.1. The number of hydrogen-bond acceptors (Lipinski definition) is 0. The number of allylic oxidation sites excluding steroid dienone is 2. The summed E-state index contributed by atoms with van der Waals surface area (Å²) in [5.41, 5.74) is 1.47. The fourth-order valence-electron chi connectivity index (χ4n) is 3.77. The Kier molecular flexibility index (Phi) is 4.52. The minimum atomic E-state index is -0.860. The van der Waals surface area contributed by atoms with Gasteiger partial charge in [-0.3, -0.25) is 0 Å². The largest absolute Gasteiger partial charge is 0.206 e. The molecule has 0 unspecified atom stereocenters. The van der Waals surface area contributed by atoms with Crippen molar-refractivity contribution >= 4 is 0 Å². The lowest BCUT2D eigenvalue weighted by atomic mass is 9.96. The molecule has 3 heteroatoms. The number of halogens is 3. The van der Waals surface area contributed by atoms with Crippen LogP contribution < -0.4 is 0 Å². The Morgan fingerprint density at radius 1 is 1.04 bits per heavy atom. The van der Waals surface area contributed by atoms with Crippen LogP contribution in [0.5, 0.6) is 0 Å². The summed E-state index contributed by atoms with van der Waals surface area (Å²) in [7, 11) is 0. The normalized spacial score (nSPS) is 21.1. The van der Waals surface area contributed by atoms with Crippen LogP contribution in [0.2, 0.25) is 0 Å². The van der Waals surface area contributed by atoms with Crippen molar-refractivity contribution in [2.45, 2.75) is 34.1 Å². The first-order valence-electron chi connectivity index (χ1n) is 8.60. The van der Waals surface area contributed by atoms with Gasteiger partial charge in [-0.15, -0.1) is 0 Å². The molecule has 0 nitrogen and oxygen atoms in total. The van der Waals surface area contributed by atoms with Crippen molar-refractivity contribution < 1.29 is 13.2 Å². The molecule has 132 valence electrons. The lowest BCUT2D eigenvalue weighted by Gasteiger charge is -2.12. The summed E-state index contributed by atoms with van der Waals surface area (Å²) < 4.78 is 43.6. The van der Waals surface area contributed by atoms with Gasteiger partial charge in [0.15, 0.2) is 0 Å². The molecule has 1 fully saturated rings. The molecule has 1 aliphatic rings. The highest BCUT2D eigenvalue weighted by Gasteiger charge is 2.56.